The van der Waals surface area contributed by atoms with Crippen LogP contribution in [0.15, 0.2) is 60.7 Å². The molecule has 0 aliphatic carbocycles. The molecule has 34 heavy (non-hydrogen) atoms. The molecular weight excluding hydrogens is 452 g/mol. The number of hydrogen-bond donors (Lipinski definition) is 2. The molecule has 1 aromatic heterocycles. The summed E-state index contributed by atoms with van der Waals surface area (Å²) in [5, 5.41) is 4.97. The number of hydrogen-bond acceptors (Lipinski definition) is 5. The molecule has 0 bridgehead atoms. The van der Waals surface area contributed by atoms with Crippen molar-refractivity contribution in [1.29, 1.82) is 0 Å². The van der Waals surface area contributed by atoms with Gasteiger partial charge >= 0.3 is 0 Å². The van der Waals surface area contributed by atoms with Gasteiger partial charge in [-0.2, -0.15) is 0 Å². The van der Waals surface area contributed by atoms with Gasteiger partial charge in [0.25, 0.3) is 0 Å². The summed E-state index contributed by atoms with van der Waals surface area (Å²) in [6.45, 7) is 0.747. The third-order valence-electron chi connectivity index (χ3n) is 6.49. The Balaban J connectivity index is 0.00000274. The number of halogens is 1. The Morgan fingerprint density at radius 1 is 0.765 bits per heavy atom. The number of aromatic amines is 1. The zero-order chi connectivity index (χ0) is 22.9. The number of methoxy groups -OCH3 is 4. The first kappa shape index (κ1) is 23.8. The van der Waals surface area contributed by atoms with Gasteiger partial charge in [-0.1, -0.05) is 36.4 Å². The fraction of sp³-hybridized carbons (Fsp3) is 0.259. The fourth-order valence-electron chi connectivity index (χ4n) is 5.00. The number of benzene rings is 3. The summed E-state index contributed by atoms with van der Waals surface area (Å²) in [4.78, 5) is 3.69. The van der Waals surface area contributed by atoms with E-state index in [1.807, 2.05) is 24.3 Å². The topological polar surface area (TPSA) is 64.7 Å². The van der Waals surface area contributed by atoms with E-state index in [-0.39, 0.29) is 24.4 Å². The van der Waals surface area contributed by atoms with Crippen molar-refractivity contribution in [3.63, 3.8) is 0 Å². The molecule has 0 radical (unpaired) electrons. The number of nitrogens with one attached hydrogen (secondary N) is 2. The number of rotatable bonds is 6. The molecule has 0 spiro atoms. The largest absolute Gasteiger partial charge is 0.493 e. The normalized spacial score (nSPS) is 16.9. The molecule has 2 unspecified atom stereocenters. The Hall–Kier alpha value is -3.35. The Morgan fingerprint density at radius 2 is 1.53 bits per heavy atom. The Kier molecular flexibility index (Phi) is 6.91. The van der Waals surface area contributed by atoms with Crippen LogP contribution in [-0.2, 0) is 0 Å². The fourth-order valence-corrected chi connectivity index (χ4v) is 5.00. The van der Waals surface area contributed by atoms with Gasteiger partial charge in [0, 0.05) is 34.6 Å². The van der Waals surface area contributed by atoms with E-state index in [4.69, 9.17) is 18.9 Å². The smallest absolute Gasteiger partial charge is 0.164 e. The van der Waals surface area contributed by atoms with Crippen molar-refractivity contribution in [2.45, 2.75) is 12.0 Å². The highest BCUT2D eigenvalue weighted by Gasteiger charge is 2.34. The molecule has 0 amide bonds. The Bertz CT molecular complexity index is 1300. The van der Waals surface area contributed by atoms with Crippen molar-refractivity contribution < 1.29 is 18.9 Å². The third kappa shape index (κ3) is 3.83. The quantitative estimate of drug-likeness (QED) is 0.384. The Labute approximate surface area is 205 Å². The van der Waals surface area contributed by atoms with Crippen molar-refractivity contribution in [3.8, 4) is 23.0 Å². The third-order valence-corrected chi connectivity index (χ3v) is 6.49. The first-order valence-electron chi connectivity index (χ1n) is 11.0. The number of aromatic nitrogens is 1. The molecule has 178 valence electrons. The summed E-state index contributed by atoms with van der Waals surface area (Å²) < 4.78 is 22.4. The second-order valence-corrected chi connectivity index (χ2v) is 8.09. The average molecular weight is 481 g/mol. The first-order chi connectivity index (χ1) is 16.2. The van der Waals surface area contributed by atoms with Crippen molar-refractivity contribution in [2.24, 2.45) is 0 Å². The molecule has 6 nitrogen and oxygen atoms in total. The van der Waals surface area contributed by atoms with E-state index in [1.54, 1.807) is 28.4 Å². The van der Waals surface area contributed by atoms with Gasteiger partial charge in [0.15, 0.2) is 23.0 Å². The van der Waals surface area contributed by atoms with Gasteiger partial charge in [-0.15, -0.1) is 12.4 Å². The van der Waals surface area contributed by atoms with Gasteiger partial charge in [0.1, 0.15) is 0 Å². The van der Waals surface area contributed by atoms with Crippen molar-refractivity contribution in [3.05, 3.63) is 83.0 Å². The van der Waals surface area contributed by atoms with Crippen LogP contribution < -0.4 is 24.3 Å². The van der Waals surface area contributed by atoms with Crippen LogP contribution in [0.1, 0.15) is 34.3 Å². The summed E-state index contributed by atoms with van der Waals surface area (Å²) in [6.07, 6.45) is 0. The maximum atomic E-state index is 5.80. The molecule has 1 aliphatic heterocycles. The van der Waals surface area contributed by atoms with Gasteiger partial charge in [0.05, 0.1) is 34.5 Å². The van der Waals surface area contributed by atoms with E-state index in [1.165, 1.54) is 10.9 Å². The first-order valence-corrected chi connectivity index (χ1v) is 11.0. The molecule has 0 saturated heterocycles. The lowest BCUT2D eigenvalue weighted by Gasteiger charge is -2.32. The van der Waals surface area contributed by atoms with Crippen LogP contribution in [0.25, 0.3) is 10.9 Å². The van der Waals surface area contributed by atoms with Crippen molar-refractivity contribution >= 4 is 23.3 Å². The predicted octanol–water partition coefficient (Wildman–Crippen LogP) is 5.45. The van der Waals surface area contributed by atoms with Crippen LogP contribution >= 0.6 is 12.4 Å². The minimum atomic E-state index is -0.0138. The SMILES string of the molecule is COc1ccc(C2NCC(c3cccc(OC)c3OC)c3c2[nH]c2ccccc32)cc1OC.Cl. The average Bonchev–Trinajstić information content (AvgIpc) is 3.27. The van der Waals surface area contributed by atoms with Crippen LogP contribution in [0.5, 0.6) is 23.0 Å². The van der Waals surface area contributed by atoms with Crippen LogP contribution in [0.3, 0.4) is 0 Å². The lowest BCUT2D eigenvalue weighted by Crippen LogP contribution is -2.34. The van der Waals surface area contributed by atoms with E-state index in [2.05, 4.69) is 46.7 Å². The highest BCUT2D eigenvalue weighted by Crippen LogP contribution is 2.46. The molecule has 0 saturated carbocycles. The summed E-state index contributed by atoms with van der Waals surface area (Å²) in [5.74, 6) is 3.03. The molecule has 2 N–H and O–H groups in total. The standard InChI is InChI=1S/C27H28N2O4.ClH/c1-30-21-13-12-16(14-23(21)32-3)25-26-24(18-8-5-6-10-20(18)29-26)19(15-28-25)17-9-7-11-22(31-2)27(17)33-4;/h5-14,19,25,28-29H,15H2,1-4H3;1H. The van der Waals surface area contributed by atoms with Gasteiger partial charge in [0.2, 0.25) is 0 Å². The van der Waals surface area contributed by atoms with Gasteiger partial charge in [-0.25, -0.2) is 0 Å². The van der Waals surface area contributed by atoms with Crippen LogP contribution in [0, 0.1) is 0 Å². The lowest BCUT2D eigenvalue weighted by atomic mass is 9.82. The molecule has 3 aromatic carbocycles. The van der Waals surface area contributed by atoms with Crippen molar-refractivity contribution in [2.75, 3.05) is 35.0 Å². The maximum Gasteiger partial charge on any atom is 0.164 e. The number of H-pyrrole nitrogens is 1. The van der Waals surface area contributed by atoms with Crippen LogP contribution in [-0.4, -0.2) is 40.0 Å². The summed E-state index contributed by atoms with van der Waals surface area (Å²) in [5.41, 5.74) is 5.74. The monoisotopic (exact) mass is 480 g/mol. The van der Waals surface area contributed by atoms with E-state index in [0.717, 1.165) is 40.4 Å². The molecule has 7 heteroatoms. The minimum absolute atomic E-state index is 0. The molecule has 4 aromatic rings. The second kappa shape index (κ2) is 9.87. The molecular formula is C27H29ClN2O4. The lowest BCUT2D eigenvalue weighted by molar-refractivity contribution is 0.349. The molecule has 2 heterocycles. The van der Waals surface area contributed by atoms with E-state index in [9.17, 15) is 0 Å². The summed E-state index contributed by atoms with van der Waals surface area (Å²) in [7, 11) is 6.68. The summed E-state index contributed by atoms with van der Waals surface area (Å²) in [6, 6.07) is 20.6. The maximum absolute atomic E-state index is 5.80. The highest BCUT2D eigenvalue weighted by atomic mass is 35.5. The molecule has 5 rings (SSSR count). The van der Waals surface area contributed by atoms with Gasteiger partial charge in [-0.05, 0) is 35.4 Å². The minimum Gasteiger partial charge on any atom is -0.493 e. The summed E-state index contributed by atoms with van der Waals surface area (Å²) >= 11 is 0. The van der Waals surface area contributed by atoms with Gasteiger partial charge in [-0.3, -0.25) is 0 Å². The zero-order valence-corrected chi connectivity index (χ0v) is 20.5. The molecule has 1 aliphatic rings. The van der Waals surface area contributed by atoms with E-state index in [0.29, 0.717) is 11.5 Å². The van der Waals surface area contributed by atoms with E-state index < -0.39 is 0 Å². The predicted molar refractivity (Wildman–Crippen MR) is 136 cm³/mol. The molecule has 0 fully saturated rings. The Morgan fingerprint density at radius 3 is 2.26 bits per heavy atom. The van der Waals surface area contributed by atoms with E-state index >= 15 is 0 Å². The number of fused-ring (bicyclic) bond motifs is 3. The van der Waals surface area contributed by atoms with Crippen LogP contribution in [0.2, 0.25) is 0 Å². The zero-order valence-electron chi connectivity index (χ0n) is 19.7. The second-order valence-electron chi connectivity index (χ2n) is 8.09. The molecule has 2 atom stereocenters. The number of ether oxygens (including phenoxy) is 4. The van der Waals surface area contributed by atoms with Gasteiger partial charge < -0.3 is 29.2 Å². The highest BCUT2D eigenvalue weighted by molar-refractivity contribution is 5.87. The number of para-hydroxylation sites is 2. The van der Waals surface area contributed by atoms with Crippen LogP contribution in [0.4, 0.5) is 0 Å². The van der Waals surface area contributed by atoms with Crippen molar-refractivity contribution in [1.82, 2.24) is 10.3 Å².